The molecular weight excluding hydrogens is 254 g/mol. The predicted molar refractivity (Wildman–Crippen MR) is 67.8 cm³/mol. The van der Waals surface area contributed by atoms with Crippen LogP contribution >= 0.6 is 0 Å². The summed E-state index contributed by atoms with van der Waals surface area (Å²) in [4.78, 5) is 11.6. The van der Waals surface area contributed by atoms with Crippen LogP contribution in [-0.4, -0.2) is 18.6 Å². The van der Waals surface area contributed by atoms with Crippen molar-refractivity contribution in [2.75, 3.05) is 0 Å². The number of carbonyl (C=O) groups is 1. The highest BCUT2D eigenvalue weighted by Gasteiger charge is 2.13. The first-order valence-corrected chi connectivity index (χ1v) is 6.10. The molecule has 0 aliphatic carbocycles. The summed E-state index contributed by atoms with van der Waals surface area (Å²) in [6.07, 6.45) is 1.39. The van der Waals surface area contributed by atoms with Crippen molar-refractivity contribution in [2.45, 2.75) is 39.0 Å². The molecule has 1 aromatic rings. The van der Waals surface area contributed by atoms with E-state index in [0.717, 1.165) is 6.42 Å². The van der Waals surface area contributed by atoms with Crippen molar-refractivity contribution in [3.8, 4) is 5.75 Å². The van der Waals surface area contributed by atoms with E-state index >= 15 is 0 Å². The van der Waals surface area contributed by atoms with Gasteiger partial charge in [-0.2, -0.15) is 8.78 Å². The van der Waals surface area contributed by atoms with Crippen LogP contribution in [0, 0.1) is 0 Å². The van der Waals surface area contributed by atoms with Crippen LogP contribution in [0.5, 0.6) is 5.75 Å². The fraction of sp³-hybridized carbons (Fsp3) is 0.462. The summed E-state index contributed by atoms with van der Waals surface area (Å²) >= 11 is 0. The number of carbonyl (C=O) groups excluding carboxylic acids is 1. The number of ether oxygens (including phenoxy) is 1. The minimum atomic E-state index is -2.89. The quantitative estimate of drug-likeness (QED) is 0.798. The van der Waals surface area contributed by atoms with E-state index < -0.39 is 12.7 Å². The van der Waals surface area contributed by atoms with Crippen LogP contribution in [0.4, 0.5) is 8.78 Å². The number of hydrogen-bond donors (Lipinski definition) is 2. The molecule has 0 aliphatic heterocycles. The van der Waals surface area contributed by atoms with Gasteiger partial charge in [0.25, 0.3) is 0 Å². The maximum Gasteiger partial charge on any atom is 0.387 e. The van der Waals surface area contributed by atoms with Crippen molar-refractivity contribution < 1.29 is 18.3 Å². The maximum atomic E-state index is 12.2. The molecule has 106 valence electrons. The number of alkyl halides is 2. The van der Waals surface area contributed by atoms with E-state index in [-0.39, 0.29) is 18.2 Å². The molecule has 6 heteroatoms. The largest absolute Gasteiger partial charge is 0.434 e. The Morgan fingerprint density at radius 3 is 2.74 bits per heavy atom. The summed E-state index contributed by atoms with van der Waals surface area (Å²) in [6.45, 7) is -0.850. The van der Waals surface area contributed by atoms with Gasteiger partial charge in [-0.1, -0.05) is 31.5 Å². The Hall–Kier alpha value is -1.69. The lowest BCUT2D eigenvalue weighted by molar-refractivity contribution is -0.122. The van der Waals surface area contributed by atoms with Crippen molar-refractivity contribution in [3.05, 3.63) is 29.8 Å². The van der Waals surface area contributed by atoms with Crippen LogP contribution in [0.1, 0.15) is 25.3 Å². The highest BCUT2D eigenvalue weighted by molar-refractivity contribution is 5.81. The minimum absolute atomic E-state index is 0.0573. The Balaban J connectivity index is 2.59. The minimum Gasteiger partial charge on any atom is -0.434 e. The third-order valence-corrected chi connectivity index (χ3v) is 2.58. The zero-order valence-corrected chi connectivity index (χ0v) is 10.7. The molecule has 0 radical (unpaired) electrons. The lowest BCUT2D eigenvalue weighted by Crippen LogP contribution is -2.40. The second kappa shape index (κ2) is 7.68. The average Bonchev–Trinajstić information content (AvgIpc) is 2.37. The van der Waals surface area contributed by atoms with E-state index in [1.807, 2.05) is 6.92 Å². The van der Waals surface area contributed by atoms with Gasteiger partial charge in [0.15, 0.2) is 0 Å². The molecule has 4 nitrogen and oxygen atoms in total. The summed E-state index contributed by atoms with van der Waals surface area (Å²) < 4.78 is 28.8. The van der Waals surface area contributed by atoms with Crippen LogP contribution in [0.25, 0.3) is 0 Å². The number of benzene rings is 1. The van der Waals surface area contributed by atoms with E-state index in [4.69, 9.17) is 5.73 Å². The van der Waals surface area contributed by atoms with Gasteiger partial charge >= 0.3 is 6.61 Å². The Bertz CT molecular complexity index is 413. The number of para-hydroxylation sites is 1. The van der Waals surface area contributed by atoms with E-state index in [2.05, 4.69) is 10.1 Å². The van der Waals surface area contributed by atoms with Gasteiger partial charge in [-0.05, 0) is 12.5 Å². The lowest BCUT2D eigenvalue weighted by Gasteiger charge is -2.13. The van der Waals surface area contributed by atoms with Gasteiger partial charge < -0.3 is 15.8 Å². The number of rotatable bonds is 7. The van der Waals surface area contributed by atoms with Crippen LogP contribution < -0.4 is 15.8 Å². The summed E-state index contributed by atoms with van der Waals surface area (Å²) in [5.74, 6) is -0.240. The van der Waals surface area contributed by atoms with Gasteiger partial charge in [-0.25, -0.2) is 0 Å². The van der Waals surface area contributed by atoms with Crippen molar-refractivity contribution in [1.29, 1.82) is 0 Å². The molecule has 1 rings (SSSR count). The topological polar surface area (TPSA) is 64.4 Å². The fourth-order valence-corrected chi connectivity index (χ4v) is 1.62. The average molecular weight is 272 g/mol. The summed E-state index contributed by atoms with van der Waals surface area (Å²) in [5.41, 5.74) is 6.13. The highest BCUT2D eigenvalue weighted by atomic mass is 19.3. The molecule has 3 N–H and O–H groups in total. The van der Waals surface area contributed by atoms with Gasteiger partial charge in [-0.15, -0.1) is 0 Å². The van der Waals surface area contributed by atoms with Gasteiger partial charge in [-0.3, -0.25) is 4.79 Å². The fourth-order valence-electron chi connectivity index (χ4n) is 1.62. The number of hydrogen-bond acceptors (Lipinski definition) is 3. The number of halogens is 2. The van der Waals surface area contributed by atoms with Gasteiger partial charge in [0, 0.05) is 12.1 Å². The third kappa shape index (κ3) is 5.21. The molecule has 1 aromatic carbocycles. The Morgan fingerprint density at radius 2 is 2.11 bits per heavy atom. The molecule has 0 heterocycles. The predicted octanol–water partition coefficient (Wildman–Crippen LogP) is 2.03. The zero-order chi connectivity index (χ0) is 14.3. The summed E-state index contributed by atoms with van der Waals surface area (Å²) in [6, 6.07) is 5.74. The lowest BCUT2D eigenvalue weighted by atomic mass is 10.1. The highest BCUT2D eigenvalue weighted by Crippen LogP contribution is 2.19. The van der Waals surface area contributed by atoms with E-state index in [1.165, 1.54) is 6.07 Å². The molecule has 0 bridgehead atoms. The molecule has 19 heavy (non-hydrogen) atoms. The first-order valence-electron chi connectivity index (χ1n) is 6.10. The molecule has 1 atom stereocenters. The van der Waals surface area contributed by atoms with E-state index in [9.17, 15) is 13.6 Å². The molecule has 0 fully saturated rings. The van der Waals surface area contributed by atoms with Crippen molar-refractivity contribution in [2.24, 2.45) is 5.73 Å². The van der Waals surface area contributed by atoms with Gasteiger partial charge in [0.05, 0.1) is 6.04 Å². The number of nitrogens with one attached hydrogen (secondary N) is 1. The molecular formula is C13H18F2N2O2. The van der Waals surface area contributed by atoms with Crippen molar-refractivity contribution >= 4 is 5.91 Å². The second-order valence-electron chi connectivity index (χ2n) is 4.10. The van der Waals surface area contributed by atoms with E-state index in [1.54, 1.807) is 18.2 Å². The standard InChI is InChI=1S/C13H18F2N2O2/c1-2-5-10(16)12(18)17-8-9-6-3-4-7-11(9)19-13(14)15/h3-4,6-7,10,13H,2,5,8,16H2,1H3,(H,17,18)/t10-/m1/s1. The molecule has 0 spiro atoms. The second-order valence-corrected chi connectivity index (χ2v) is 4.10. The molecule has 0 unspecified atom stereocenters. The first-order chi connectivity index (χ1) is 9.04. The van der Waals surface area contributed by atoms with Crippen molar-refractivity contribution in [3.63, 3.8) is 0 Å². The summed E-state index contributed by atoms with van der Waals surface area (Å²) in [5, 5.41) is 2.61. The number of nitrogens with two attached hydrogens (primary N) is 1. The van der Waals surface area contributed by atoms with E-state index in [0.29, 0.717) is 12.0 Å². The zero-order valence-electron chi connectivity index (χ0n) is 10.7. The molecule has 0 aliphatic rings. The molecule has 0 aromatic heterocycles. The van der Waals surface area contributed by atoms with Crippen LogP contribution in [0.15, 0.2) is 24.3 Å². The monoisotopic (exact) mass is 272 g/mol. The number of amides is 1. The maximum absolute atomic E-state index is 12.2. The Morgan fingerprint density at radius 1 is 1.42 bits per heavy atom. The Kier molecular flexibility index (Phi) is 6.21. The van der Waals surface area contributed by atoms with Crippen molar-refractivity contribution in [1.82, 2.24) is 5.32 Å². The SMILES string of the molecule is CCC[C@@H](N)C(=O)NCc1ccccc1OC(F)F. The first kappa shape index (κ1) is 15.4. The Labute approximate surface area is 110 Å². The molecule has 0 saturated heterocycles. The third-order valence-electron chi connectivity index (χ3n) is 2.58. The molecule has 0 saturated carbocycles. The molecule has 1 amide bonds. The van der Waals surface area contributed by atoms with Gasteiger partial charge in [0.2, 0.25) is 5.91 Å². The van der Waals surface area contributed by atoms with Crippen LogP contribution in [0.3, 0.4) is 0 Å². The smallest absolute Gasteiger partial charge is 0.387 e. The van der Waals surface area contributed by atoms with Crippen LogP contribution in [-0.2, 0) is 11.3 Å². The van der Waals surface area contributed by atoms with Gasteiger partial charge in [0.1, 0.15) is 5.75 Å². The van der Waals surface area contributed by atoms with Crippen LogP contribution in [0.2, 0.25) is 0 Å². The normalized spacial score (nSPS) is 12.3. The summed E-state index contributed by atoms with van der Waals surface area (Å²) in [7, 11) is 0.